The zero-order chi connectivity index (χ0) is 17.1. The van der Waals surface area contributed by atoms with Crippen molar-refractivity contribution in [2.75, 3.05) is 25.5 Å². The van der Waals surface area contributed by atoms with E-state index in [2.05, 4.69) is 21.9 Å². The van der Waals surface area contributed by atoms with Crippen molar-refractivity contribution in [3.05, 3.63) is 23.5 Å². The topological polar surface area (TPSA) is 112 Å². The van der Waals surface area contributed by atoms with Gasteiger partial charge < -0.3 is 25.9 Å². The summed E-state index contributed by atoms with van der Waals surface area (Å²) in [5, 5.41) is 0.992. The van der Waals surface area contributed by atoms with E-state index in [4.69, 9.17) is 20.9 Å². The van der Waals surface area contributed by atoms with Crippen molar-refractivity contribution in [1.29, 1.82) is 0 Å². The number of hydrogen-bond donors (Lipinski definition) is 3. The molecule has 7 nitrogen and oxygen atoms in total. The molecule has 0 aliphatic rings. The Morgan fingerprint density at radius 3 is 2.75 bits per heavy atom. The van der Waals surface area contributed by atoms with Gasteiger partial charge >= 0.3 is 0 Å². The molecule has 0 aliphatic heterocycles. The van der Waals surface area contributed by atoms with Gasteiger partial charge in [-0.1, -0.05) is 6.92 Å². The van der Waals surface area contributed by atoms with E-state index in [-0.39, 0.29) is 0 Å². The van der Waals surface area contributed by atoms with Crippen LogP contribution in [-0.2, 0) is 17.8 Å². The first-order chi connectivity index (χ1) is 11.7. The summed E-state index contributed by atoms with van der Waals surface area (Å²) in [6, 6.07) is 3.84. The second-order valence-electron chi connectivity index (χ2n) is 5.47. The summed E-state index contributed by atoms with van der Waals surface area (Å²) < 4.78 is 11.2. The molecule has 3 rings (SSSR count). The summed E-state index contributed by atoms with van der Waals surface area (Å²) in [5.41, 5.74) is 15.1. The molecule has 5 N–H and O–H groups in total. The lowest BCUT2D eigenvalue weighted by atomic mass is 10.0. The summed E-state index contributed by atoms with van der Waals surface area (Å²) in [5.74, 6) is 1.97. The molecule has 128 valence electrons. The normalized spacial score (nSPS) is 11.5. The van der Waals surface area contributed by atoms with Crippen LogP contribution in [0.4, 0.5) is 5.82 Å². The third-order valence-electron chi connectivity index (χ3n) is 3.91. The molecule has 3 aromatic rings. The highest BCUT2D eigenvalue weighted by atomic mass is 16.5. The lowest BCUT2D eigenvalue weighted by Gasteiger charge is -2.13. The first kappa shape index (κ1) is 16.5. The van der Waals surface area contributed by atoms with Crippen LogP contribution in [0.2, 0.25) is 0 Å². The first-order valence-electron chi connectivity index (χ1n) is 8.19. The molecule has 2 heterocycles. The summed E-state index contributed by atoms with van der Waals surface area (Å²) >= 11 is 0. The second kappa shape index (κ2) is 7.02. The molecule has 24 heavy (non-hydrogen) atoms. The van der Waals surface area contributed by atoms with Crippen LogP contribution >= 0.6 is 0 Å². The van der Waals surface area contributed by atoms with Crippen molar-refractivity contribution in [2.24, 2.45) is 5.73 Å². The predicted molar refractivity (Wildman–Crippen MR) is 95.1 cm³/mol. The van der Waals surface area contributed by atoms with Crippen LogP contribution in [0.5, 0.6) is 5.75 Å². The Kier molecular flexibility index (Phi) is 4.82. The monoisotopic (exact) mass is 329 g/mol. The third kappa shape index (κ3) is 2.88. The van der Waals surface area contributed by atoms with E-state index in [1.54, 1.807) is 0 Å². The number of benzene rings is 1. The Balaban J connectivity index is 2.23. The van der Waals surface area contributed by atoms with Crippen LogP contribution < -0.4 is 16.2 Å². The molecule has 0 saturated heterocycles. The zero-order valence-electron chi connectivity index (χ0n) is 14.1. The van der Waals surface area contributed by atoms with Crippen molar-refractivity contribution in [3.63, 3.8) is 0 Å². The van der Waals surface area contributed by atoms with Crippen LogP contribution in [-0.4, -0.2) is 34.7 Å². The largest absolute Gasteiger partial charge is 0.492 e. The minimum absolute atomic E-state index is 0.411. The first-order valence-corrected chi connectivity index (χ1v) is 8.19. The maximum absolute atomic E-state index is 6.09. The maximum atomic E-state index is 6.09. The number of pyridine rings is 1. The molecule has 0 saturated carbocycles. The third-order valence-corrected chi connectivity index (χ3v) is 3.91. The fraction of sp³-hybridized carbons (Fsp3) is 0.412. The number of nitrogen functional groups attached to an aromatic ring is 1. The van der Waals surface area contributed by atoms with Gasteiger partial charge in [-0.15, -0.1) is 0 Å². The van der Waals surface area contributed by atoms with Crippen LogP contribution in [0.1, 0.15) is 25.2 Å². The number of H-pyrrole nitrogens is 1. The summed E-state index contributed by atoms with van der Waals surface area (Å²) in [6.45, 7) is 6.02. The van der Waals surface area contributed by atoms with Gasteiger partial charge in [-0.05, 0) is 25.5 Å². The van der Waals surface area contributed by atoms with Gasteiger partial charge in [0.15, 0.2) is 5.82 Å². The Labute approximate surface area is 140 Å². The maximum Gasteiger partial charge on any atom is 0.152 e. The molecule has 0 spiro atoms. The van der Waals surface area contributed by atoms with E-state index in [1.807, 2.05) is 19.1 Å². The van der Waals surface area contributed by atoms with Crippen molar-refractivity contribution < 1.29 is 9.47 Å². The number of imidazole rings is 1. The Morgan fingerprint density at radius 1 is 1.21 bits per heavy atom. The van der Waals surface area contributed by atoms with Gasteiger partial charge in [0.05, 0.1) is 11.0 Å². The number of hydrogen-bond acceptors (Lipinski definition) is 6. The van der Waals surface area contributed by atoms with Crippen LogP contribution in [0.3, 0.4) is 0 Å². The molecule has 0 aliphatic carbocycles. The number of aryl methyl sites for hydroxylation is 1. The number of aromatic amines is 1. The van der Waals surface area contributed by atoms with E-state index in [1.165, 1.54) is 0 Å². The summed E-state index contributed by atoms with van der Waals surface area (Å²) in [7, 11) is 0. The number of rotatable bonds is 7. The van der Waals surface area contributed by atoms with E-state index in [0.717, 1.165) is 40.0 Å². The highest BCUT2D eigenvalue weighted by molar-refractivity contribution is 6.08. The fourth-order valence-corrected chi connectivity index (χ4v) is 2.88. The van der Waals surface area contributed by atoms with Gasteiger partial charge in [0.2, 0.25) is 0 Å². The highest BCUT2D eigenvalue weighted by Crippen LogP contribution is 2.34. The minimum Gasteiger partial charge on any atom is -0.492 e. The van der Waals surface area contributed by atoms with Crippen molar-refractivity contribution in [2.45, 2.75) is 26.9 Å². The second-order valence-corrected chi connectivity index (χ2v) is 5.47. The SMILES string of the molecule is CCOCc1nc2c(N)nc3ccc(OCCN)c(CC)c3c2[nH]1. The molecule has 0 atom stereocenters. The van der Waals surface area contributed by atoms with Crippen LogP contribution in [0.15, 0.2) is 12.1 Å². The number of anilines is 1. The number of nitrogens with one attached hydrogen (secondary N) is 1. The highest BCUT2D eigenvalue weighted by Gasteiger charge is 2.17. The lowest BCUT2D eigenvalue weighted by Crippen LogP contribution is -2.11. The van der Waals surface area contributed by atoms with Gasteiger partial charge in [0.1, 0.15) is 30.3 Å². The van der Waals surface area contributed by atoms with Gasteiger partial charge in [0.25, 0.3) is 0 Å². The van der Waals surface area contributed by atoms with Gasteiger partial charge in [-0.2, -0.15) is 0 Å². The summed E-state index contributed by atoms with van der Waals surface area (Å²) in [4.78, 5) is 12.4. The minimum atomic E-state index is 0.411. The van der Waals surface area contributed by atoms with Gasteiger partial charge in [-0.25, -0.2) is 9.97 Å². The van der Waals surface area contributed by atoms with Crippen LogP contribution in [0, 0.1) is 0 Å². The molecule has 0 amide bonds. The summed E-state index contributed by atoms with van der Waals surface area (Å²) in [6.07, 6.45) is 0.803. The van der Waals surface area contributed by atoms with Crippen molar-refractivity contribution >= 4 is 27.8 Å². The molecular formula is C17H23N5O2. The van der Waals surface area contributed by atoms with Gasteiger partial charge in [0, 0.05) is 24.1 Å². The number of aromatic nitrogens is 3. The van der Waals surface area contributed by atoms with Crippen LogP contribution in [0.25, 0.3) is 21.9 Å². The number of nitrogens with zero attached hydrogens (tertiary/aromatic N) is 2. The molecular weight excluding hydrogens is 306 g/mol. The number of nitrogens with two attached hydrogens (primary N) is 2. The van der Waals surface area contributed by atoms with Crippen molar-refractivity contribution in [1.82, 2.24) is 15.0 Å². The molecule has 0 radical (unpaired) electrons. The Bertz CT molecular complexity index is 859. The predicted octanol–water partition coefficient (Wildman–Crippen LogP) is 2.13. The number of fused-ring (bicyclic) bond motifs is 3. The molecule has 7 heteroatoms. The quantitative estimate of drug-likeness (QED) is 0.612. The molecule has 0 unspecified atom stereocenters. The smallest absolute Gasteiger partial charge is 0.152 e. The zero-order valence-corrected chi connectivity index (χ0v) is 14.1. The standard InChI is InChI=1S/C17H23N5O2/c1-3-10-12(24-8-7-18)6-5-11-14(10)15-16(17(19)20-11)22-13(21-15)9-23-4-2/h5-6H,3-4,7-9,18H2,1-2H3,(H2,19,20)(H,21,22). The number of ether oxygens (including phenoxy) is 2. The fourth-order valence-electron chi connectivity index (χ4n) is 2.88. The van der Waals surface area contributed by atoms with E-state index >= 15 is 0 Å². The molecule has 0 bridgehead atoms. The molecule has 1 aromatic carbocycles. The Morgan fingerprint density at radius 2 is 2.04 bits per heavy atom. The molecule has 2 aromatic heterocycles. The van der Waals surface area contributed by atoms with E-state index in [9.17, 15) is 0 Å². The lowest BCUT2D eigenvalue weighted by molar-refractivity contribution is 0.129. The molecule has 0 fully saturated rings. The van der Waals surface area contributed by atoms with E-state index < -0.39 is 0 Å². The van der Waals surface area contributed by atoms with E-state index in [0.29, 0.717) is 37.7 Å². The average Bonchev–Trinajstić information content (AvgIpc) is 3.02. The van der Waals surface area contributed by atoms with Crippen molar-refractivity contribution in [3.8, 4) is 5.75 Å². The average molecular weight is 329 g/mol. The van der Waals surface area contributed by atoms with Gasteiger partial charge in [-0.3, -0.25) is 0 Å². The Hall–Kier alpha value is -2.38.